The summed E-state index contributed by atoms with van der Waals surface area (Å²) in [6, 6.07) is 5.02. The quantitative estimate of drug-likeness (QED) is 0.648. The number of rotatable bonds is 6. The second-order valence-electron chi connectivity index (χ2n) is 4.36. The molecule has 0 fully saturated rings. The molecule has 0 saturated carbocycles. The number of alkyl halides is 3. The van der Waals surface area contributed by atoms with Crippen molar-refractivity contribution in [2.24, 2.45) is 0 Å². The van der Waals surface area contributed by atoms with E-state index in [1.165, 1.54) is 19.2 Å². The Bertz CT molecular complexity index is 499. The first kappa shape index (κ1) is 17.0. The number of hydrogen-bond donors (Lipinski definition) is 1. The second kappa shape index (κ2) is 6.62. The van der Waals surface area contributed by atoms with Crippen LogP contribution < -0.4 is 10.1 Å². The Kier molecular flexibility index (Phi) is 5.37. The monoisotopic (exact) mass is 303 g/mol. The van der Waals surface area contributed by atoms with Crippen LogP contribution >= 0.6 is 0 Å². The maximum Gasteiger partial charge on any atom is 0.573 e. The molecular formula is C14H16F3NO3. The Labute approximate surface area is 120 Å². The van der Waals surface area contributed by atoms with Gasteiger partial charge in [-0.3, -0.25) is 5.32 Å². The minimum absolute atomic E-state index is 0.326. The first-order valence-electron chi connectivity index (χ1n) is 6.03. The summed E-state index contributed by atoms with van der Waals surface area (Å²) in [5.74, 6) is -0.920. The summed E-state index contributed by atoms with van der Waals surface area (Å²) in [6.45, 7) is 5.43. The van der Waals surface area contributed by atoms with Crippen LogP contribution in [0.25, 0.3) is 0 Å². The van der Waals surface area contributed by atoms with Gasteiger partial charge in [0.25, 0.3) is 0 Å². The van der Waals surface area contributed by atoms with Gasteiger partial charge in [-0.25, -0.2) is 4.79 Å². The zero-order chi connectivity index (χ0) is 16.1. The van der Waals surface area contributed by atoms with Crippen LogP contribution in [-0.4, -0.2) is 26.0 Å². The summed E-state index contributed by atoms with van der Waals surface area (Å²) in [4.78, 5) is 11.9. The fourth-order valence-corrected chi connectivity index (χ4v) is 1.76. The minimum Gasteiger partial charge on any atom is -0.467 e. The molecule has 0 amide bonds. The number of carbonyl (C=O) groups is 1. The summed E-state index contributed by atoms with van der Waals surface area (Å²) >= 11 is 0. The number of hydrogen-bond acceptors (Lipinski definition) is 4. The molecule has 4 nitrogen and oxygen atoms in total. The van der Waals surface area contributed by atoms with Gasteiger partial charge in [-0.05, 0) is 24.6 Å². The SMILES string of the molecule is C=CCNC(C)(C(=O)OC)c1ccc(OC(F)(F)F)cc1. The molecule has 0 aliphatic rings. The second-order valence-corrected chi connectivity index (χ2v) is 4.36. The largest absolute Gasteiger partial charge is 0.573 e. The van der Waals surface area contributed by atoms with Crippen molar-refractivity contribution in [1.82, 2.24) is 5.32 Å². The highest BCUT2D eigenvalue weighted by molar-refractivity contribution is 5.82. The predicted octanol–water partition coefficient (Wildman–Crippen LogP) is 2.75. The van der Waals surface area contributed by atoms with E-state index in [0.717, 1.165) is 12.1 Å². The van der Waals surface area contributed by atoms with Gasteiger partial charge in [0.15, 0.2) is 0 Å². The topological polar surface area (TPSA) is 47.6 Å². The average Bonchev–Trinajstić information content (AvgIpc) is 2.42. The highest BCUT2D eigenvalue weighted by Crippen LogP contribution is 2.27. The van der Waals surface area contributed by atoms with Gasteiger partial charge >= 0.3 is 12.3 Å². The third kappa shape index (κ3) is 4.49. The number of halogens is 3. The Morgan fingerprint density at radius 2 is 1.90 bits per heavy atom. The van der Waals surface area contributed by atoms with Crippen molar-refractivity contribution < 1.29 is 27.4 Å². The molecular weight excluding hydrogens is 287 g/mol. The molecule has 0 aliphatic carbocycles. The number of esters is 1. The van der Waals surface area contributed by atoms with Crippen molar-refractivity contribution in [3.8, 4) is 5.75 Å². The van der Waals surface area contributed by atoms with Gasteiger partial charge in [-0.2, -0.15) is 0 Å². The lowest BCUT2D eigenvalue weighted by atomic mass is 9.92. The van der Waals surface area contributed by atoms with Crippen LogP contribution in [0.3, 0.4) is 0 Å². The first-order valence-corrected chi connectivity index (χ1v) is 6.03. The fraction of sp³-hybridized carbons (Fsp3) is 0.357. The lowest BCUT2D eigenvalue weighted by Gasteiger charge is -2.28. The van der Waals surface area contributed by atoms with Gasteiger partial charge in [0.2, 0.25) is 0 Å². The van der Waals surface area contributed by atoms with E-state index in [1.807, 2.05) is 0 Å². The number of benzene rings is 1. The third-order valence-electron chi connectivity index (χ3n) is 2.86. The van der Waals surface area contributed by atoms with Crippen molar-refractivity contribution in [2.45, 2.75) is 18.8 Å². The number of ether oxygens (including phenoxy) is 2. The molecule has 1 atom stereocenters. The third-order valence-corrected chi connectivity index (χ3v) is 2.86. The highest BCUT2D eigenvalue weighted by atomic mass is 19.4. The molecule has 21 heavy (non-hydrogen) atoms. The van der Waals surface area contributed by atoms with Gasteiger partial charge in [0.1, 0.15) is 11.3 Å². The Balaban J connectivity index is 3.04. The maximum atomic E-state index is 12.1. The van der Waals surface area contributed by atoms with Gasteiger partial charge < -0.3 is 9.47 Å². The maximum absolute atomic E-state index is 12.1. The summed E-state index contributed by atoms with van der Waals surface area (Å²) in [7, 11) is 1.23. The zero-order valence-corrected chi connectivity index (χ0v) is 11.7. The van der Waals surface area contributed by atoms with Crippen LogP contribution in [0.4, 0.5) is 13.2 Å². The highest BCUT2D eigenvalue weighted by Gasteiger charge is 2.36. The molecule has 1 rings (SSSR count). The molecule has 0 aliphatic heterocycles. The summed E-state index contributed by atoms with van der Waals surface area (Å²) in [5.41, 5.74) is -0.745. The molecule has 0 bridgehead atoms. The molecule has 1 N–H and O–H groups in total. The molecule has 0 aromatic heterocycles. The van der Waals surface area contributed by atoms with Crippen LogP contribution in [0, 0.1) is 0 Å². The first-order chi connectivity index (χ1) is 9.73. The van der Waals surface area contributed by atoms with E-state index in [2.05, 4.69) is 16.6 Å². The van der Waals surface area contributed by atoms with Crippen LogP contribution in [0.5, 0.6) is 5.75 Å². The van der Waals surface area contributed by atoms with Gasteiger partial charge in [-0.1, -0.05) is 18.2 Å². The van der Waals surface area contributed by atoms with Gasteiger partial charge in [-0.15, -0.1) is 19.8 Å². The Morgan fingerprint density at radius 3 is 2.33 bits per heavy atom. The molecule has 1 aromatic rings. The zero-order valence-electron chi connectivity index (χ0n) is 11.7. The summed E-state index contributed by atoms with van der Waals surface area (Å²) < 4.78 is 44.8. The van der Waals surface area contributed by atoms with Crippen molar-refractivity contribution >= 4 is 5.97 Å². The van der Waals surface area contributed by atoms with E-state index in [1.54, 1.807) is 13.0 Å². The predicted molar refractivity (Wildman–Crippen MR) is 70.7 cm³/mol. The Morgan fingerprint density at radius 1 is 1.33 bits per heavy atom. The van der Waals surface area contributed by atoms with Crippen molar-refractivity contribution in [2.75, 3.05) is 13.7 Å². The number of nitrogens with one attached hydrogen (secondary N) is 1. The molecule has 0 radical (unpaired) electrons. The van der Waals surface area contributed by atoms with E-state index in [-0.39, 0.29) is 5.75 Å². The molecule has 0 saturated heterocycles. The molecule has 116 valence electrons. The molecule has 1 unspecified atom stereocenters. The number of methoxy groups -OCH3 is 1. The lowest BCUT2D eigenvalue weighted by Crippen LogP contribution is -2.47. The van der Waals surface area contributed by atoms with Crippen molar-refractivity contribution in [3.63, 3.8) is 0 Å². The van der Waals surface area contributed by atoms with Crippen LogP contribution in [-0.2, 0) is 15.1 Å². The summed E-state index contributed by atoms with van der Waals surface area (Å²) in [6.07, 6.45) is -3.20. The lowest BCUT2D eigenvalue weighted by molar-refractivity contribution is -0.274. The molecule has 0 heterocycles. The van der Waals surface area contributed by atoms with E-state index in [0.29, 0.717) is 12.1 Å². The van der Waals surface area contributed by atoms with Gasteiger partial charge in [0.05, 0.1) is 7.11 Å². The van der Waals surface area contributed by atoms with Crippen molar-refractivity contribution in [1.29, 1.82) is 0 Å². The molecule has 7 heteroatoms. The summed E-state index contributed by atoms with van der Waals surface area (Å²) in [5, 5.41) is 2.92. The Hall–Kier alpha value is -2.02. The normalized spacial score (nSPS) is 14.1. The smallest absolute Gasteiger partial charge is 0.467 e. The fourth-order valence-electron chi connectivity index (χ4n) is 1.76. The van der Waals surface area contributed by atoms with E-state index in [4.69, 9.17) is 4.74 Å². The van der Waals surface area contributed by atoms with Crippen LogP contribution in [0.15, 0.2) is 36.9 Å². The average molecular weight is 303 g/mol. The van der Waals surface area contributed by atoms with Crippen LogP contribution in [0.1, 0.15) is 12.5 Å². The van der Waals surface area contributed by atoms with Crippen LogP contribution in [0.2, 0.25) is 0 Å². The molecule has 0 spiro atoms. The van der Waals surface area contributed by atoms with E-state index >= 15 is 0 Å². The van der Waals surface area contributed by atoms with Gasteiger partial charge in [0, 0.05) is 6.54 Å². The minimum atomic E-state index is -4.76. The number of carbonyl (C=O) groups excluding carboxylic acids is 1. The standard InChI is InChI=1S/C14H16F3NO3/c1-4-9-18-13(2,12(19)20-3)10-5-7-11(8-6-10)21-14(15,16)17/h4-8,18H,1,9H2,2-3H3. The van der Waals surface area contributed by atoms with E-state index < -0.39 is 17.9 Å². The van der Waals surface area contributed by atoms with Crippen molar-refractivity contribution in [3.05, 3.63) is 42.5 Å². The van der Waals surface area contributed by atoms with E-state index in [9.17, 15) is 18.0 Å². The molecule has 1 aromatic carbocycles.